The fourth-order valence-corrected chi connectivity index (χ4v) is 2.77. The molecule has 22 heavy (non-hydrogen) atoms. The minimum Gasteiger partial charge on any atom is -0.333 e. The van der Waals surface area contributed by atoms with E-state index in [1.165, 1.54) is 5.56 Å². The number of nitrogens with zero attached hydrogens (tertiary/aromatic N) is 3. The zero-order valence-corrected chi connectivity index (χ0v) is 13.0. The van der Waals surface area contributed by atoms with Gasteiger partial charge >= 0.3 is 6.03 Å². The number of benzene rings is 1. The van der Waals surface area contributed by atoms with Gasteiger partial charge in [0.25, 0.3) is 0 Å². The highest BCUT2D eigenvalue weighted by Gasteiger charge is 2.22. The SMILES string of the molecule is CCc1cccc(NC(=O)N[C@@H]2CCc3nc(C)nn3C2)c1. The van der Waals surface area contributed by atoms with Gasteiger partial charge < -0.3 is 10.6 Å². The van der Waals surface area contributed by atoms with Gasteiger partial charge in [0.2, 0.25) is 0 Å². The first-order chi connectivity index (χ1) is 10.6. The van der Waals surface area contributed by atoms with E-state index in [1.807, 2.05) is 29.8 Å². The number of nitrogens with one attached hydrogen (secondary N) is 2. The molecule has 6 heteroatoms. The number of fused-ring (bicyclic) bond motifs is 1. The molecule has 1 atom stereocenters. The van der Waals surface area contributed by atoms with Crippen LogP contribution in [0, 0.1) is 6.92 Å². The normalized spacial score (nSPS) is 16.9. The lowest BCUT2D eigenvalue weighted by atomic mass is 10.1. The number of aryl methyl sites for hydroxylation is 3. The van der Waals surface area contributed by atoms with Crippen LogP contribution in [-0.2, 0) is 19.4 Å². The van der Waals surface area contributed by atoms with Crippen molar-refractivity contribution in [2.45, 2.75) is 45.7 Å². The molecule has 3 rings (SSSR count). The van der Waals surface area contributed by atoms with Crippen LogP contribution in [0.4, 0.5) is 10.5 Å². The second-order valence-electron chi connectivity index (χ2n) is 5.65. The molecular weight excluding hydrogens is 278 g/mol. The van der Waals surface area contributed by atoms with Crippen molar-refractivity contribution in [3.05, 3.63) is 41.5 Å². The van der Waals surface area contributed by atoms with E-state index < -0.39 is 0 Å². The number of aromatic nitrogens is 3. The topological polar surface area (TPSA) is 71.8 Å². The Morgan fingerprint density at radius 3 is 3.14 bits per heavy atom. The number of carbonyl (C=O) groups is 1. The number of rotatable bonds is 3. The summed E-state index contributed by atoms with van der Waals surface area (Å²) in [6, 6.07) is 7.83. The molecule has 0 fully saturated rings. The van der Waals surface area contributed by atoms with Crippen molar-refractivity contribution in [1.82, 2.24) is 20.1 Å². The first-order valence-corrected chi connectivity index (χ1v) is 7.71. The number of carbonyl (C=O) groups excluding carboxylic acids is 1. The van der Waals surface area contributed by atoms with Gasteiger partial charge in [-0.2, -0.15) is 5.10 Å². The zero-order chi connectivity index (χ0) is 15.5. The number of hydrogen-bond acceptors (Lipinski definition) is 3. The van der Waals surface area contributed by atoms with Gasteiger partial charge in [0.05, 0.1) is 12.6 Å². The van der Waals surface area contributed by atoms with Gasteiger partial charge in [0.15, 0.2) is 0 Å². The van der Waals surface area contributed by atoms with Crippen molar-refractivity contribution in [2.24, 2.45) is 0 Å². The molecule has 0 saturated carbocycles. The molecule has 2 amide bonds. The van der Waals surface area contributed by atoms with E-state index in [0.29, 0.717) is 6.54 Å². The third kappa shape index (κ3) is 3.27. The second-order valence-corrected chi connectivity index (χ2v) is 5.65. The summed E-state index contributed by atoms with van der Waals surface area (Å²) >= 11 is 0. The Labute approximate surface area is 129 Å². The number of amides is 2. The zero-order valence-electron chi connectivity index (χ0n) is 13.0. The standard InChI is InChI=1S/C16H21N5O/c1-3-12-5-4-6-13(9-12)18-16(22)19-14-7-8-15-17-11(2)20-21(15)10-14/h4-6,9,14H,3,7-8,10H2,1-2H3,(H2,18,19,22)/t14-/m1/s1. The molecule has 1 aliphatic heterocycles. The highest BCUT2D eigenvalue weighted by Crippen LogP contribution is 2.14. The Morgan fingerprint density at radius 2 is 2.32 bits per heavy atom. The fraction of sp³-hybridized carbons (Fsp3) is 0.438. The van der Waals surface area contributed by atoms with Gasteiger partial charge in [-0.15, -0.1) is 0 Å². The molecular formula is C16H21N5O. The van der Waals surface area contributed by atoms with Gasteiger partial charge in [-0.25, -0.2) is 14.5 Å². The van der Waals surface area contributed by atoms with Gasteiger partial charge in [0.1, 0.15) is 11.6 Å². The lowest BCUT2D eigenvalue weighted by Gasteiger charge is -2.23. The third-order valence-corrected chi connectivity index (χ3v) is 3.89. The first-order valence-electron chi connectivity index (χ1n) is 7.71. The average Bonchev–Trinajstić information content (AvgIpc) is 2.86. The monoisotopic (exact) mass is 299 g/mol. The van der Waals surface area contributed by atoms with E-state index in [9.17, 15) is 4.79 Å². The van der Waals surface area contributed by atoms with Crippen molar-refractivity contribution in [3.8, 4) is 0 Å². The van der Waals surface area contributed by atoms with Crippen molar-refractivity contribution in [3.63, 3.8) is 0 Å². The van der Waals surface area contributed by atoms with Crippen molar-refractivity contribution in [1.29, 1.82) is 0 Å². The summed E-state index contributed by atoms with van der Waals surface area (Å²) in [7, 11) is 0. The summed E-state index contributed by atoms with van der Waals surface area (Å²) in [5, 5.41) is 10.3. The Hall–Kier alpha value is -2.37. The maximum atomic E-state index is 12.1. The summed E-state index contributed by atoms with van der Waals surface area (Å²) in [4.78, 5) is 16.5. The van der Waals surface area contributed by atoms with E-state index in [2.05, 4.69) is 33.7 Å². The van der Waals surface area contributed by atoms with E-state index >= 15 is 0 Å². The fourth-order valence-electron chi connectivity index (χ4n) is 2.77. The quantitative estimate of drug-likeness (QED) is 0.913. The summed E-state index contributed by atoms with van der Waals surface area (Å²) in [6.45, 7) is 4.67. The molecule has 116 valence electrons. The molecule has 1 aromatic carbocycles. The van der Waals surface area contributed by atoms with Crippen LogP contribution >= 0.6 is 0 Å². The molecule has 2 aromatic rings. The first kappa shape index (κ1) is 14.6. The van der Waals surface area contributed by atoms with Crippen LogP contribution in [0.15, 0.2) is 24.3 Å². The van der Waals surface area contributed by atoms with E-state index in [-0.39, 0.29) is 12.1 Å². The Morgan fingerprint density at radius 1 is 1.45 bits per heavy atom. The maximum Gasteiger partial charge on any atom is 0.319 e. The summed E-state index contributed by atoms with van der Waals surface area (Å²) in [6.07, 6.45) is 2.69. The minimum atomic E-state index is -0.168. The van der Waals surface area contributed by atoms with Crippen LogP contribution in [-0.4, -0.2) is 26.8 Å². The number of hydrogen-bond donors (Lipinski definition) is 2. The summed E-state index contributed by atoms with van der Waals surface area (Å²) < 4.78 is 1.89. The largest absolute Gasteiger partial charge is 0.333 e. The predicted molar refractivity (Wildman–Crippen MR) is 84.8 cm³/mol. The third-order valence-electron chi connectivity index (χ3n) is 3.89. The molecule has 0 radical (unpaired) electrons. The van der Waals surface area contributed by atoms with Gasteiger partial charge in [-0.3, -0.25) is 0 Å². The molecule has 6 nitrogen and oxygen atoms in total. The second kappa shape index (κ2) is 6.17. The van der Waals surface area contributed by atoms with Crippen LogP contribution in [0.3, 0.4) is 0 Å². The Bertz CT molecular complexity index is 679. The highest BCUT2D eigenvalue weighted by atomic mass is 16.2. The molecule has 0 saturated heterocycles. The van der Waals surface area contributed by atoms with Crippen LogP contribution in [0.2, 0.25) is 0 Å². The minimum absolute atomic E-state index is 0.0861. The van der Waals surface area contributed by atoms with Crippen molar-refractivity contribution in [2.75, 3.05) is 5.32 Å². The van der Waals surface area contributed by atoms with E-state index in [1.54, 1.807) is 0 Å². The Kier molecular flexibility index (Phi) is 4.09. The molecule has 0 unspecified atom stereocenters. The molecule has 1 aliphatic rings. The van der Waals surface area contributed by atoms with Crippen molar-refractivity contribution >= 4 is 11.7 Å². The predicted octanol–water partition coefficient (Wildman–Crippen LogP) is 2.29. The lowest BCUT2D eigenvalue weighted by molar-refractivity contribution is 0.243. The molecule has 0 spiro atoms. The van der Waals surface area contributed by atoms with Crippen molar-refractivity contribution < 1.29 is 4.79 Å². The van der Waals surface area contributed by atoms with Crippen LogP contribution in [0.1, 0.15) is 30.6 Å². The summed E-state index contributed by atoms with van der Waals surface area (Å²) in [5.74, 6) is 1.79. The molecule has 2 heterocycles. The van der Waals surface area contributed by atoms with E-state index in [0.717, 1.165) is 36.6 Å². The number of anilines is 1. The Balaban J connectivity index is 1.58. The lowest BCUT2D eigenvalue weighted by Crippen LogP contribution is -2.43. The van der Waals surface area contributed by atoms with Gasteiger partial charge in [-0.1, -0.05) is 19.1 Å². The van der Waals surface area contributed by atoms with Gasteiger partial charge in [-0.05, 0) is 37.5 Å². The molecule has 0 aliphatic carbocycles. The molecule has 0 bridgehead atoms. The highest BCUT2D eigenvalue weighted by molar-refractivity contribution is 5.89. The van der Waals surface area contributed by atoms with Crippen LogP contribution in [0.25, 0.3) is 0 Å². The maximum absolute atomic E-state index is 12.1. The number of urea groups is 1. The van der Waals surface area contributed by atoms with E-state index in [4.69, 9.17) is 0 Å². The van der Waals surface area contributed by atoms with Crippen LogP contribution in [0.5, 0.6) is 0 Å². The summed E-state index contributed by atoms with van der Waals surface area (Å²) in [5.41, 5.74) is 2.03. The smallest absolute Gasteiger partial charge is 0.319 e. The van der Waals surface area contributed by atoms with Crippen LogP contribution < -0.4 is 10.6 Å². The average molecular weight is 299 g/mol. The molecule has 1 aromatic heterocycles. The molecule has 2 N–H and O–H groups in total. The van der Waals surface area contributed by atoms with Gasteiger partial charge in [0, 0.05) is 12.1 Å².